The Morgan fingerprint density at radius 2 is 2.04 bits per heavy atom. The summed E-state index contributed by atoms with van der Waals surface area (Å²) in [6, 6.07) is 6.90. The van der Waals surface area contributed by atoms with Gasteiger partial charge in [0.25, 0.3) is 5.91 Å². The summed E-state index contributed by atoms with van der Waals surface area (Å²) >= 11 is 0. The van der Waals surface area contributed by atoms with Crippen molar-refractivity contribution in [1.82, 2.24) is 19.8 Å². The number of nitrogens with zero attached hydrogens (tertiary/aromatic N) is 3. The molecule has 132 valence electrons. The third-order valence-electron chi connectivity index (χ3n) is 4.99. The van der Waals surface area contributed by atoms with Crippen LogP contribution in [0.15, 0.2) is 42.9 Å². The average Bonchev–Trinajstić information content (AvgIpc) is 3.22. The fraction of sp³-hybridized carbons (Fsp3) is 0.412. The van der Waals surface area contributed by atoms with E-state index < -0.39 is 9.84 Å². The normalized spacial score (nSPS) is 25.7. The maximum atomic E-state index is 12.8. The van der Waals surface area contributed by atoms with Crippen LogP contribution in [0.1, 0.15) is 16.1 Å². The molecule has 1 amide bonds. The van der Waals surface area contributed by atoms with E-state index in [2.05, 4.69) is 14.9 Å². The van der Waals surface area contributed by atoms with Gasteiger partial charge in [-0.2, -0.15) is 0 Å². The molecule has 0 spiro atoms. The van der Waals surface area contributed by atoms with E-state index in [0.717, 1.165) is 5.56 Å². The van der Waals surface area contributed by atoms with Crippen LogP contribution in [0.25, 0.3) is 0 Å². The van der Waals surface area contributed by atoms with E-state index in [1.165, 1.54) is 0 Å². The molecule has 2 aliphatic rings. The molecule has 2 saturated heterocycles. The number of hydrogen-bond donors (Lipinski definition) is 1. The zero-order valence-corrected chi connectivity index (χ0v) is 14.5. The number of amides is 1. The number of carbonyl (C=O) groups is 1. The third-order valence-corrected chi connectivity index (χ3v) is 6.69. The van der Waals surface area contributed by atoms with E-state index in [9.17, 15) is 13.2 Å². The van der Waals surface area contributed by atoms with Crippen molar-refractivity contribution in [3.63, 3.8) is 0 Å². The summed E-state index contributed by atoms with van der Waals surface area (Å²) in [5.41, 5.74) is 1.55. The van der Waals surface area contributed by atoms with Crippen molar-refractivity contribution in [1.29, 1.82) is 0 Å². The van der Waals surface area contributed by atoms with Gasteiger partial charge in [0.2, 0.25) is 0 Å². The van der Waals surface area contributed by atoms with Crippen LogP contribution in [-0.2, 0) is 16.4 Å². The minimum Gasteiger partial charge on any atom is -0.357 e. The molecule has 4 rings (SSSR count). The molecular formula is C17H20N4O3S. The zero-order chi connectivity index (χ0) is 17.4. The number of aromatic nitrogens is 2. The van der Waals surface area contributed by atoms with Gasteiger partial charge in [0.1, 0.15) is 5.69 Å². The molecule has 2 atom stereocenters. The molecule has 0 unspecified atom stereocenters. The van der Waals surface area contributed by atoms with Crippen LogP contribution >= 0.6 is 0 Å². The lowest BCUT2D eigenvalue weighted by Crippen LogP contribution is -2.60. The summed E-state index contributed by atoms with van der Waals surface area (Å²) in [5.74, 6) is 0.0122. The van der Waals surface area contributed by atoms with Crippen LogP contribution in [0.3, 0.4) is 0 Å². The van der Waals surface area contributed by atoms with Gasteiger partial charge in [0, 0.05) is 44.3 Å². The topological polar surface area (TPSA) is 86.4 Å². The second kappa shape index (κ2) is 6.27. The maximum absolute atomic E-state index is 12.8. The largest absolute Gasteiger partial charge is 0.357 e. The molecule has 2 fully saturated rings. The van der Waals surface area contributed by atoms with Gasteiger partial charge in [0.05, 0.1) is 17.5 Å². The number of carbonyl (C=O) groups excluding carboxylic acids is 1. The highest BCUT2D eigenvalue weighted by molar-refractivity contribution is 7.91. The minimum atomic E-state index is -3.15. The second-order valence-electron chi connectivity index (χ2n) is 6.63. The molecular weight excluding hydrogens is 340 g/mol. The number of sulfone groups is 1. The highest BCUT2D eigenvalue weighted by Crippen LogP contribution is 2.29. The van der Waals surface area contributed by atoms with Crippen molar-refractivity contribution in [2.75, 3.05) is 24.6 Å². The van der Waals surface area contributed by atoms with Gasteiger partial charge in [-0.05, 0) is 23.8 Å². The first-order valence-electron chi connectivity index (χ1n) is 8.31. The minimum absolute atomic E-state index is 0.0354. The lowest BCUT2D eigenvalue weighted by atomic mass is 10.0. The molecule has 0 aromatic carbocycles. The molecule has 7 nitrogen and oxygen atoms in total. The Morgan fingerprint density at radius 1 is 1.20 bits per heavy atom. The summed E-state index contributed by atoms with van der Waals surface area (Å²) in [4.78, 5) is 23.7. The van der Waals surface area contributed by atoms with E-state index in [4.69, 9.17) is 0 Å². The number of piperazine rings is 1. The molecule has 0 bridgehead atoms. The predicted molar refractivity (Wildman–Crippen MR) is 92.7 cm³/mol. The first-order valence-corrected chi connectivity index (χ1v) is 10.1. The molecule has 1 N–H and O–H groups in total. The van der Waals surface area contributed by atoms with E-state index in [1.54, 1.807) is 35.6 Å². The molecule has 2 aliphatic heterocycles. The van der Waals surface area contributed by atoms with Gasteiger partial charge in [-0.25, -0.2) is 8.42 Å². The zero-order valence-electron chi connectivity index (χ0n) is 13.7. The third kappa shape index (κ3) is 3.19. The van der Waals surface area contributed by atoms with E-state index in [1.807, 2.05) is 12.1 Å². The smallest absolute Gasteiger partial charge is 0.270 e. The van der Waals surface area contributed by atoms with Gasteiger partial charge in [0.15, 0.2) is 9.84 Å². The molecule has 4 heterocycles. The summed E-state index contributed by atoms with van der Waals surface area (Å²) in [6.45, 7) is 1.82. The fourth-order valence-electron chi connectivity index (χ4n) is 3.82. The second-order valence-corrected chi connectivity index (χ2v) is 8.78. The quantitative estimate of drug-likeness (QED) is 0.863. The Labute approximate surface area is 146 Å². The Hall–Kier alpha value is -2.19. The van der Waals surface area contributed by atoms with Gasteiger partial charge in [-0.1, -0.05) is 6.07 Å². The first kappa shape index (κ1) is 16.3. The Kier molecular flexibility index (Phi) is 4.09. The van der Waals surface area contributed by atoms with Crippen LogP contribution in [-0.4, -0.2) is 70.8 Å². The molecule has 2 aromatic heterocycles. The molecule has 2 aromatic rings. The first-order chi connectivity index (χ1) is 12.0. The molecule has 8 heteroatoms. The van der Waals surface area contributed by atoms with Crippen LogP contribution in [0.4, 0.5) is 0 Å². The number of pyridine rings is 1. The predicted octanol–water partition coefficient (Wildman–Crippen LogP) is 0.533. The summed E-state index contributed by atoms with van der Waals surface area (Å²) in [5, 5.41) is 0. The van der Waals surface area contributed by atoms with Crippen molar-refractivity contribution in [2.24, 2.45) is 0 Å². The highest BCUT2D eigenvalue weighted by atomic mass is 32.2. The van der Waals surface area contributed by atoms with Crippen molar-refractivity contribution < 1.29 is 13.2 Å². The van der Waals surface area contributed by atoms with Crippen LogP contribution < -0.4 is 0 Å². The summed E-state index contributed by atoms with van der Waals surface area (Å²) < 4.78 is 24.5. The number of fused-ring (bicyclic) bond motifs is 1. The molecule has 25 heavy (non-hydrogen) atoms. The van der Waals surface area contributed by atoms with E-state index >= 15 is 0 Å². The lowest BCUT2D eigenvalue weighted by Gasteiger charge is -2.43. The number of H-pyrrole nitrogens is 1. The molecule has 0 saturated carbocycles. The van der Waals surface area contributed by atoms with Crippen LogP contribution in [0.5, 0.6) is 0 Å². The lowest BCUT2D eigenvalue weighted by molar-refractivity contribution is 0.0302. The van der Waals surface area contributed by atoms with Gasteiger partial charge in [-0.3, -0.25) is 14.7 Å². The Bertz CT molecular complexity index is 851. The van der Waals surface area contributed by atoms with E-state index in [0.29, 0.717) is 25.3 Å². The van der Waals surface area contributed by atoms with Crippen molar-refractivity contribution in [3.05, 3.63) is 54.1 Å². The average molecular weight is 360 g/mol. The van der Waals surface area contributed by atoms with Gasteiger partial charge in [-0.15, -0.1) is 0 Å². The fourth-order valence-corrected chi connectivity index (χ4v) is 5.83. The standard InChI is InChI=1S/C17H20N4O3S/c22-17(14-4-2-6-19-14)21-8-7-20(10-13-3-1-5-18-9-13)15-11-25(23,24)12-16(15)21/h1-6,9,15-16,19H,7-8,10-12H2/t15-,16+/m1/s1. The van der Waals surface area contributed by atoms with Crippen molar-refractivity contribution >= 4 is 15.7 Å². The number of nitrogens with one attached hydrogen (secondary N) is 1. The van der Waals surface area contributed by atoms with Crippen molar-refractivity contribution in [2.45, 2.75) is 18.6 Å². The monoisotopic (exact) mass is 360 g/mol. The maximum Gasteiger partial charge on any atom is 0.270 e. The van der Waals surface area contributed by atoms with Crippen molar-refractivity contribution in [3.8, 4) is 0 Å². The Balaban J connectivity index is 1.59. The van der Waals surface area contributed by atoms with Gasteiger partial charge < -0.3 is 9.88 Å². The number of aromatic amines is 1. The Morgan fingerprint density at radius 3 is 2.76 bits per heavy atom. The van der Waals surface area contributed by atoms with Crippen LogP contribution in [0.2, 0.25) is 0 Å². The van der Waals surface area contributed by atoms with Crippen LogP contribution in [0, 0.1) is 0 Å². The highest BCUT2D eigenvalue weighted by Gasteiger charge is 2.48. The number of rotatable bonds is 3. The van der Waals surface area contributed by atoms with Gasteiger partial charge >= 0.3 is 0 Å². The SMILES string of the molecule is O=C(c1ccc[nH]1)N1CCN(Cc2cccnc2)[C@@H]2CS(=O)(=O)C[C@@H]21. The molecule has 0 aliphatic carbocycles. The summed E-state index contributed by atoms with van der Waals surface area (Å²) in [6.07, 6.45) is 5.23. The molecule has 0 radical (unpaired) electrons. The summed E-state index contributed by atoms with van der Waals surface area (Å²) in [7, 11) is -3.15. The van der Waals surface area contributed by atoms with E-state index in [-0.39, 0.29) is 29.5 Å². The number of hydrogen-bond acceptors (Lipinski definition) is 5.